The highest BCUT2D eigenvalue weighted by Gasteiger charge is 1.95. The summed E-state index contributed by atoms with van der Waals surface area (Å²) in [4.78, 5) is 10.6. The lowest BCUT2D eigenvalue weighted by atomic mass is 10.2. The van der Waals surface area contributed by atoms with E-state index in [1.54, 1.807) is 6.08 Å². The van der Waals surface area contributed by atoms with Crippen molar-refractivity contribution >= 4 is 38.9 Å². The number of halogens is 2. The highest BCUT2D eigenvalue weighted by molar-refractivity contribution is 9.10. The maximum Gasteiger partial charge on any atom is 0.186 e. The van der Waals surface area contributed by atoms with Crippen molar-refractivity contribution in [2.45, 2.75) is 6.92 Å². The Morgan fingerprint density at radius 1 is 1.53 bits per heavy atom. The van der Waals surface area contributed by atoms with Crippen molar-refractivity contribution in [3.63, 3.8) is 0 Å². The first-order chi connectivity index (χ1) is 7.08. The third-order valence-electron chi connectivity index (χ3n) is 1.58. The first-order valence-electron chi connectivity index (χ1n) is 4.34. The summed E-state index contributed by atoms with van der Waals surface area (Å²) in [5.74, 6) is 0.340. The monoisotopic (exact) mass is 288 g/mol. The summed E-state index contributed by atoms with van der Waals surface area (Å²) >= 11 is 4.44. The molecule has 0 aliphatic rings. The van der Waals surface area contributed by atoms with Gasteiger partial charge in [-0.3, -0.25) is 4.79 Å². The molecule has 0 amide bonds. The SMILES string of the molecule is CC(=O)SCC=Cc1cc(F)cc(Br)c1. The van der Waals surface area contributed by atoms with Gasteiger partial charge < -0.3 is 0 Å². The van der Waals surface area contributed by atoms with Crippen molar-refractivity contribution in [3.05, 3.63) is 40.1 Å². The Morgan fingerprint density at radius 2 is 2.27 bits per heavy atom. The van der Waals surface area contributed by atoms with Gasteiger partial charge in [0, 0.05) is 17.1 Å². The molecule has 0 N–H and O–H groups in total. The minimum Gasteiger partial charge on any atom is -0.288 e. The van der Waals surface area contributed by atoms with E-state index in [0.29, 0.717) is 10.2 Å². The Bertz CT molecular complexity index is 370. The van der Waals surface area contributed by atoms with Crippen molar-refractivity contribution in [1.82, 2.24) is 0 Å². The highest BCUT2D eigenvalue weighted by Crippen LogP contribution is 2.16. The zero-order chi connectivity index (χ0) is 11.3. The molecule has 1 nitrogen and oxygen atoms in total. The molecule has 80 valence electrons. The molecule has 0 heterocycles. The van der Waals surface area contributed by atoms with Crippen LogP contribution in [0, 0.1) is 5.82 Å². The summed E-state index contributed by atoms with van der Waals surface area (Å²) in [6.07, 6.45) is 3.64. The maximum atomic E-state index is 12.9. The molecule has 1 aromatic rings. The summed E-state index contributed by atoms with van der Waals surface area (Å²) in [6.45, 7) is 1.53. The van der Waals surface area contributed by atoms with Crippen molar-refractivity contribution in [2.24, 2.45) is 0 Å². The second-order valence-electron chi connectivity index (χ2n) is 2.91. The molecular weight excluding hydrogens is 279 g/mol. The van der Waals surface area contributed by atoms with E-state index in [-0.39, 0.29) is 10.9 Å². The molecule has 0 saturated heterocycles. The Labute approximate surface area is 101 Å². The third kappa shape index (κ3) is 5.14. The second-order valence-corrected chi connectivity index (χ2v) is 5.02. The van der Waals surface area contributed by atoms with E-state index in [1.807, 2.05) is 12.1 Å². The molecule has 0 bridgehead atoms. The quantitative estimate of drug-likeness (QED) is 0.840. The number of rotatable bonds is 3. The molecule has 0 aromatic heterocycles. The Morgan fingerprint density at radius 3 is 2.87 bits per heavy atom. The van der Waals surface area contributed by atoms with Crippen LogP contribution in [-0.2, 0) is 4.79 Å². The molecule has 0 spiro atoms. The van der Waals surface area contributed by atoms with Gasteiger partial charge in [0.05, 0.1) is 0 Å². The van der Waals surface area contributed by atoms with Gasteiger partial charge in [-0.05, 0) is 23.8 Å². The first kappa shape index (κ1) is 12.5. The number of thioether (sulfide) groups is 1. The van der Waals surface area contributed by atoms with E-state index in [1.165, 1.54) is 30.8 Å². The fourth-order valence-corrected chi connectivity index (χ4v) is 1.93. The molecule has 4 heteroatoms. The van der Waals surface area contributed by atoms with Crippen LogP contribution in [0.4, 0.5) is 4.39 Å². The molecule has 15 heavy (non-hydrogen) atoms. The number of carbonyl (C=O) groups excluding carboxylic acids is 1. The number of hydrogen-bond donors (Lipinski definition) is 0. The fourth-order valence-electron chi connectivity index (χ4n) is 1.02. The fraction of sp³-hybridized carbons (Fsp3) is 0.182. The molecule has 0 aliphatic carbocycles. The van der Waals surface area contributed by atoms with Crippen molar-refractivity contribution in [3.8, 4) is 0 Å². The van der Waals surface area contributed by atoms with E-state index in [0.717, 1.165) is 5.56 Å². The lowest BCUT2D eigenvalue weighted by Crippen LogP contribution is -1.82. The van der Waals surface area contributed by atoms with E-state index >= 15 is 0 Å². The predicted molar refractivity (Wildman–Crippen MR) is 66.3 cm³/mol. The van der Waals surface area contributed by atoms with Gasteiger partial charge in [0.25, 0.3) is 0 Å². The van der Waals surface area contributed by atoms with Crippen LogP contribution in [0.2, 0.25) is 0 Å². The van der Waals surface area contributed by atoms with Gasteiger partial charge in [0.1, 0.15) is 5.82 Å². The average molecular weight is 289 g/mol. The van der Waals surface area contributed by atoms with Crippen LogP contribution in [0.1, 0.15) is 12.5 Å². The van der Waals surface area contributed by atoms with Gasteiger partial charge in [-0.15, -0.1) is 0 Å². The van der Waals surface area contributed by atoms with Gasteiger partial charge in [-0.25, -0.2) is 4.39 Å². The summed E-state index contributed by atoms with van der Waals surface area (Å²) in [6, 6.07) is 4.67. The molecule has 0 aliphatic heterocycles. The second kappa shape index (κ2) is 6.08. The smallest absolute Gasteiger partial charge is 0.186 e. The molecule has 0 unspecified atom stereocenters. The van der Waals surface area contributed by atoms with Crippen LogP contribution in [0.3, 0.4) is 0 Å². The van der Waals surface area contributed by atoms with Gasteiger partial charge in [-0.2, -0.15) is 0 Å². The standard InChI is InChI=1S/C11H10BrFOS/c1-8(14)15-4-2-3-9-5-10(12)7-11(13)6-9/h2-3,5-7H,4H2,1H3. The van der Waals surface area contributed by atoms with E-state index < -0.39 is 0 Å². The summed E-state index contributed by atoms with van der Waals surface area (Å²) in [5.41, 5.74) is 0.783. The van der Waals surface area contributed by atoms with Crippen LogP contribution in [0.5, 0.6) is 0 Å². The minimum atomic E-state index is -0.275. The van der Waals surface area contributed by atoms with Crippen LogP contribution in [0.15, 0.2) is 28.7 Å². The summed E-state index contributed by atoms with van der Waals surface area (Å²) in [7, 11) is 0. The molecule has 1 aromatic carbocycles. The maximum absolute atomic E-state index is 12.9. The van der Waals surface area contributed by atoms with Crippen molar-refractivity contribution in [1.29, 1.82) is 0 Å². The number of hydrogen-bond acceptors (Lipinski definition) is 2. The minimum absolute atomic E-state index is 0.0834. The number of carbonyl (C=O) groups is 1. The molecular formula is C11H10BrFOS. The summed E-state index contributed by atoms with van der Waals surface area (Å²) in [5, 5.41) is 0.0834. The Kier molecular flexibility index (Phi) is 5.05. The summed E-state index contributed by atoms with van der Waals surface area (Å²) < 4.78 is 13.7. The van der Waals surface area contributed by atoms with E-state index in [9.17, 15) is 9.18 Å². The van der Waals surface area contributed by atoms with Gasteiger partial charge in [0.2, 0.25) is 0 Å². The Hall–Kier alpha value is -0.610. The Balaban J connectivity index is 2.60. The molecule has 0 saturated carbocycles. The van der Waals surface area contributed by atoms with E-state index in [4.69, 9.17) is 0 Å². The topological polar surface area (TPSA) is 17.1 Å². The third-order valence-corrected chi connectivity index (χ3v) is 2.80. The zero-order valence-corrected chi connectivity index (χ0v) is 10.6. The van der Waals surface area contributed by atoms with Crippen molar-refractivity contribution in [2.75, 3.05) is 5.75 Å². The lowest BCUT2D eigenvalue weighted by molar-refractivity contribution is -0.109. The number of benzene rings is 1. The van der Waals surface area contributed by atoms with Crippen LogP contribution in [0.25, 0.3) is 6.08 Å². The van der Waals surface area contributed by atoms with Gasteiger partial charge in [0.15, 0.2) is 5.12 Å². The zero-order valence-electron chi connectivity index (χ0n) is 8.17. The van der Waals surface area contributed by atoms with Crippen LogP contribution < -0.4 is 0 Å². The van der Waals surface area contributed by atoms with Crippen LogP contribution in [-0.4, -0.2) is 10.9 Å². The highest BCUT2D eigenvalue weighted by atomic mass is 79.9. The largest absolute Gasteiger partial charge is 0.288 e. The first-order valence-corrected chi connectivity index (χ1v) is 6.12. The lowest BCUT2D eigenvalue weighted by Gasteiger charge is -1.96. The molecule has 1 rings (SSSR count). The predicted octanol–water partition coefficient (Wildman–Crippen LogP) is 3.88. The molecule has 0 atom stereocenters. The normalized spacial score (nSPS) is 10.9. The van der Waals surface area contributed by atoms with E-state index in [2.05, 4.69) is 15.9 Å². The molecule has 0 radical (unpaired) electrons. The molecule has 0 fully saturated rings. The van der Waals surface area contributed by atoms with Crippen LogP contribution >= 0.6 is 27.7 Å². The van der Waals surface area contributed by atoms with Gasteiger partial charge in [-0.1, -0.05) is 39.8 Å². The van der Waals surface area contributed by atoms with Gasteiger partial charge >= 0.3 is 0 Å². The average Bonchev–Trinajstić information content (AvgIpc) is 2.10. The van der Waals surface area contributed by atoms with Crippen molar-refractivity contribution < 1.29 is 9.18 Å².